The van der Waals surface area contributed by atoms with Gasteiger partial charge in [-0.2, -0.15) is 0 Å². The Morgan fingerprint density at radius 1 is 1.12 bits per heavy atom. The normalized spacial score (nSPS) is 14.1. The van der Waals surface area contributed by atoms with E-state index in [0.717, 1.165) is 36.8 Å². The van der Waals surface area contributed by atoms with Crippen LogP contribution >= 0.6 is 0 Å². The molecule has 6 nitrogen and oxygen atoms in total. The first-order valence-corrected chi connectivity index (χ1v) is 7.77. The molecule has 0 saturated heterocycles. The van der Waals surface area contributed by atoms with Crippen molar-refractivity contribution in [2.24, 2.45) is 0 Å². The van der Waals surface area contributed by atoms with E-state index in [1.54, 1.807) is 20.3 Å². The molecular formula is C18H21NO5. The van der Waals surface area contributed by atoms with Gasteiger partial charge in [0.2, 0.25) is 5.76 Å². The zero-order valence-electron chi connectivity index (χ0n) is 14.1. The van der Waals surface area contributed by atoms with Gasteiger partial charge in [0.05, 0.1) is 27.9 Å². The maximum atomic E-state index is 11.5. The Balaban J connectivity index is 1.73. The highest BCUT2D eigenvalue weighted by molar-refractivity contribution is 5.86. The Morgan fingerprint density at radius 3 is 2.50 bits per heavy atom. The van der Waals surface area contributed by atoms with Gasteiger partial charge in [-0.15, -0.1) is 0 Å². The number of methoxy groups -OCH3 is 3. The standard InChI is InChI=1S/C18H21NO5/c1-21-16-8-12-6-7-19(10-13(12)9-17(16)22-2)11-14-4-5-15(24-14)18(20)23-3/h4-5,8-9H,6-7,10-11H2,1-3H3. The van der Waals surface area contributed by atoms with Crippen molar-refractivity contribution in [2.75, 3.05) is 27.9 Å². The van der Waals surface area contributed by atoms with Crippen LogP contribution in [0.5, 0.6) is 11.5 Å². The topological polar surface area (TPSA) is 61.1 Å². The Bertz CT molecular complexity index is 737. The summed E-state index contributed by atoms with van der Waals surface area (Å²) in [4.78, 5) is 13.7. The van der Waals surface area contributed by atoms with Crippen LogP contribution in [0.2, 0.25) is 0 Å². The zero-order valence-corrected chi connectivity index (χ0v) is 14.1. The number of fused-ring (bicyclic) bond motifs is 1. The number of hydrogen-bond donors (Lipinski definition) is 0. The fraction of sp³-hybridized carbons (Fsp3) is 0.389. The van der Waals surface area contributed by atoms with Crippen molar-refractivity contribution in [1.82, 2.24) is 4.90 Å². The highest BCUT2D eigenvalue weighted by Gasteiger charge is 2.21. The third-order valence-electron chi connectivity index (χ3n) is 4.22. The fourth-order valence-electron chi connectivity index (χ4n) is 2.97. The summed E-state index contributed by atoms with van der Waals surface area (Å²) in [5, 5.41) is 0. The van der Waals surface area contributed by atoms with Crippen LogP contribution in [0.3, 0.4) is 0 Å². The molecule has 0 bridgehead atoms. The predicted molar refractivity (Wildman–Crippen MR) is 87.4 cm³/mol. The van der Waals surface area contributed by atoms with E-state index in [2.05, 4.69) is 9.64 Å². The molecule has 0 amide bonds. The SMILES string of the molecule is COC(=O)c1ccc(CN2CCc3cc(OC)c(OC)cc3C2)o1. The molecule has 0 atom stereocenters. The fourth-order valence-corrected chi connectivity index (χ4v) is 2.97. The van der Waals surface area contributed by atoms with Gasteiger partial charge < -0.3 is 18.6 Å². The summed E-state index contributed by atoms with van der Waals surface area (Å²) in [6.45, 7) is 2.35. The first-order valence-electron chi connectivity index (χ1n) is 7.77. The van der Waals surface area contributed by atoms with Crippen LogP contribution in [0.4, 0.5) is 0 Å². The third-order valence-corrected chi connectivity index (χ3v) is 4.22. The van der Waals surface area contributed by atoms with Gasteiger partial charge in [0.15, 0.2) is 11.5 Å². The van der Waals surface area contributed by atoms with Crippen LogP contribution in [0.1, 0.15) is 27.4 Å². The van der Waals surface area contributed by atoms with Gasteiger partial charge in [-0.05, 0) is 41.8 Å². The third kappa shape index (κ3) is 3.23. The number of carbonyl (C=O) groups is 1. The minimum atomic E-state index is -0.456. The van der Waals surface area contributed by atoms with Gasteiger partial charge in [0.1, 0.15) is 5.76 Å². The molecule has 2 heterocycles. The number of esters is 1. The maximum Gasteiger partial charge on any atom is 0.373 e. The minimum Gasteiger partial charge on any atom is -0.493 e. The molecule has 6 heteroatoms. The van der Waals surface area contributed by atoms with Gasteiger partial charge in [0.25, 0.3) is 0 Å². The van der Waals surface area contributed by atoms with E-state index < -0.39 is 5.97 Å². The van der Waals surface area contributed by atoms with Crippen LogP contribution < -0.4 is 9.47 Å². The lowest BCUT2D eigenvalue weighted by atomic mass is 9.98. The lowest BCUT2D eigenvalue weighted by Gasteiger charge is -2.28. The molecule has 0 N–H and O–H groups in total. The molecule has 0 aliphatic carbocycles. The number of carbonyl (C=O) groups excluding carboxylic acids is 1. The maximum absolute atomic E-state index is 11.5. The predicted octanol–water partition coefficient (Wildman–Crippen LogP) is 2.64. The van der Waals surface area contributed by atoms with Gasteiger partial charge >= 0.3 is 5.97 Å². The molecule has 0 spiro atoms. The highest BCUT2D eigenvalue weighted by atomic mass is 16.5. The summed E-state index contributed by atoms with van der Waals surface area (Å²) in [7, 11) is 4.63. The van der Waals surface area contributed by atoms with Crippen molar-refractivity contribution < 1.29 is 23.4 Å². The first kappa shape index (κ1) is 16.4. The number of benzene rings is 1. The first-order chi connectivity index (χ1) is 11.6. The van der Waals surface area contributed by atoms with E-state index in [4.69, 9.17) is 13.9 Å². The largest absolute Gasteiger partial charge is 0.493 e. The summed E-state index contributed by atoms with van der Waals surface area (Å²) in [5.41, 5.74) is 2.50. The van der Waals surface area contributed by atoms with Crippen LogP contribution in [-0.4, -0.2) is 38.7 Å². The van der Waals surface area contributed by atoms with E-state index in [9.17, 15) is 4.79 Å². The Labute approximate surface area is 140 Å². The Hall–Kier alpha value is -2.47. The Morgan fingerprint density at radius 2 is 1.83 bits per heavy atom. The van der Waals surface area contributed by atoms with Crippen LogP contribution in [0.25, 0.3) is 0 Å². The number of nitrogens with zero attached hydrogens (tertiary/aromatic N) is 1. The summed E-state index contributed by atoms with van der Waals surface area (Å²) in [6.07, 6.45) is 0.931. The highest BCUT2D eigenvalue weighted by Crippen LogP contribution is 2.33. The smallest absolute Gasteiger partial charge is 0.373 e. The number of furan rings is 1. The van der Waals surface area contributed by atoms with E-state index in [1.807, 2.05) is 18.2 Å². The Kier molecular flexibility index (Phi) is 4.76. The van der Waals surface area contributed by atoms with E-state index in [0.29, 0.717) is 6.54 Å². The average Bonchev–Trinajstić information content (AvgIpc) is 3.08. The van der Waals surface area contributed by atoms with Crippen LogP contribution in [0, 0.1) is 0 Å². The van der Waals surface area contributed by atoms with Gasteiger partial charge in [0, 0.05) is 13.1 Å². The van der Waals surface area contributed by atoms with E-state index in [1.165, 1.54) is 18.2 Å². The van der Waals surface area contributed by atoms with Gasteiger partial charge in [-0.3, -0.25) is 4.90 Å². The van der Waals surface area contributed by atoms with Crippen molar-refractivity contribution >= 4 is 5.97 Å². The van der Waals surface area contributed by atoms with Crippen molar-refractivity contribution in [3.63, 3.8) is 0 Å². The zero-order chi connectivity index (χ0) is 17.1. The lowest BCUT2D eigenvalue weighted by molar-refractivity contribution is 0.0561. The van der Waals surface area contributed by atoms with Crippen molar-refractivity contribution in [2.45, 2.75) is 19.5 Å². The minimum absolute atomic E-state index is 0.233. The summed E-state index contributed by atoms with van der Waals surface area (Å²) in [5.74, 6) is 2.03. The van der Waals surface area contributed by atoms with E-state index >= 15 is 0 Å². The molecule has 1 aromatic heterocycles. The number of ether oxygens (including phenoxy) is 3. The van der Waals surface area contributed by atoms with Gasteiger partial charge in [-0.1, -0.05) is 0 Å². The summed E-state index contributed by atoms with van der Waals surface area (Å²) >= 11 is 0. The van der Waals surface area contributed by atoms with Crippen LogP contribution in [0.15, 0.2) is 28.7 Å². The summed E-state index contributed by atoms with van der Waals surface area (Å²) in [6, 6.07) is 7.54. The second kappa shape index (κ2) is 6.97. The summed E-state index contributed by atoms with van der Waals surface area (Å²) < 4.78 is 21.0. The molecule has 3 rings (SSSR count). The quantitative estimate of drug-likeness (QED) is 0.785. The second-order valence-corrected chi connectivity index (χ2v) is 5.69. The van der Waals surface area contributed by atoms with Crippen LogP contribution in [-0.2, 0) is 24.2 Å². The molecule has 128 valence electrons. The molecule has 24 heavy (non-hydrogen) atoms. The van der Waals surface area contributed by atoms with Crippen molar-refractivity contribution in [1.29, 1.82) is 0 Å². The molecular weight excluding hydrogens is 310 g/mol. The van der Waals surface area contributed by atoms with E-state index in [-0.39, 0.29) is 5.76 Å². The number of rotatable bonds is 5. The lowest BCUT2D eigenvalue weighted by Crippen LogP contribution is -2.30. The monoisotopic (exact) mass is 331 g/mol. The molecule has 0 radical (unpaired) electrons. The molecule has 0 fully saturated rings. The molecule has 1 aromatic carbocycles. The average molecular weight is 331 g/mol. The molecule has 1 aliphatic heterocycles. The molecule has 1 aliphatic rings. The van der Waals surface area contributed by atoms with Gasteiger partial charge in [-0.25, -0.2) is 4.79 Å². The molecule has 2 aromatic rings. The second-order valence-electron chi connectivity index (χ2n) is 5.69. The molecule has 0 saturated carbocycles. The number of hydrogen-bond acceptors (Lipinski definition) is 6. The van der Waals surface area contributed by atoms with Crippen molar-refractivity contribution in [3.8, 4) is 11.5 Å². The molecule has 0 unspecified atom stereocenters. The van der Waals surface area contributed by atoms with Crippen molar-refractivity contribution in [3.05, 3.63) is 46.9 Å².